The molecule has 2 heterocycles. The molecule has 1 aliphatic heterocycles. The summed E-state index contributed by atoms with van der Waals surface area (Å²) in [6.45, 7) is 2.99. The first-order chi connectivity index (χ1) is 11.2. The van der Waals surface area contributed by atoms with E-state index in [0.29, 0.717) is 18.8 Å². The summed E-state index contributed by atoms with van der Waals surface area (Å²) in [6.07, 6.45) is 3.56. The van der Waals surface area contributed by atoms with Crippen LogP contribution >= 0.6 is 0 Å². The fraction of sp³-hybridized carbons (Fsp3) is 0.389. The summed E-state index contributed by atoms with van der Waals surface area (Å²) in [5.41, 5.74) is 2.38. The van der Waals surface area contributed by atoms with Crippen LogP contribution in [0.25, 0.3) is 0 Å². The third-order valence-corrected chi connectivity index (χ3v) is 4.93. The lowest BCUT2D eigenvalue weighted by Gasteiger charge is -2.38. The van der Waals surface area contributed by atoms with Gasteiger partial charge in [-0.25, -0.2) is 4.39 Å². The second-order valence-electron chi connectivity index (χ2n) is 6.20. The second-order valence-corrected chi connectivity index (χ2v) is 6.20. The average molecular weight is 314 g/mol. The number of carbonyl (C=O) groups is 1. The Bertz CT molecular complexity index is 706. The van der Waals surface area contributed by atoms with E-state index in [1.165, 1.54) is 11.8 Å². The fourth-order valence-corrected chi connectivity index (χ4v) is 3.72. The fourth-order valence-electron chi connectivity index (χ4n) is 3.72. The first-order valence-electron chi connectivity index (χ1n) is 8.07. The van der Waals surface area contributed by atoms with E-state index in [1.807, 2.05) is 11.0 Å². The lowest BCUT2D eigenvalue weighted by molar-refractivity contribution is 0.0539. The first-order valence-corrected chi connectivity index (χ1v) is 8.07. The molecule has 2 aliphatic rings. The number of fused-ring (bicyclic) bond motifs is 1. The minimum Gasteiger partial charge on any atom is -0.459 e. The summed E-state index contributed by atoms with van der Waals surface area (Å²) in [5, 5.41) is 0. The van der Waals surface area contributed by atoms with Crippen LogP contribution in [-0.2, 0) is 6.42 Å². The molecule has 1 aromatic heterocycles. The van der Waals surface area contributed by atoms with Gasteiger partial charge >= 0.3 is 0 Å². The van der Waals surface area contributed by atoms with Crippen LogP contribution in [0.15, 0.2) is 41.0 Å². The van der Waals surface area contributed by atoms with Crippen LogP contribution in [0.3, 0.4) is 0 Å². The predicted octanol–water partition coefficient (Wildman–Crippen LogP) is 2.86. The van der Waals surface area contributed by atoms with Crippen molar-refractivity contribution in [3.63, 3.8) is 0 Å². The van der Waals surface area contributed by atoms with Gasteiger partial charge in [0.2, 0.25) is 0 Å². The zero-order valence-corrected chi connectivity index (χ0v) is 12.9. The number of amides is 1. The number of nitrogens with zero attached hydrogens (tertiary/aromatic N) is 2. The highest BCUT2D eigenvalue weighted by atomic mass is 19.1. The summed E-state index contributed by atoms with van der Waals surface area (Å²) in [6, 6.07) is 8.83. The minimum atomic E-state index is -0.165. The van der Waals surface area contributed by atoms with Gasteiger partial charge in [0.25, 0.3) is 5.91 Å². The summed E-state index contributed by atoms with van der Waals surface area (Å²) < 4.78 is 18.7. The molecule has 0 bridgehead atoms. The molecule has 2 aromatic rings. The summed E-state index contributed by atoms with van der Waals surface area (Å²) >= 11 is 0. The van der Waals surface area contributed by atoms with E-state index in [-0.39, 0.29) is 17.8 Å². The molecule has 0 radical (unpaired) electrons. The van der Waals surface area contributed by atoms with Gasteiger partial charge in [-0.1, -0.05) is 6.07 Å². The van der Waals surface area contributed by atoms with E-state index in [0.717, 1.165) is 31.5 Å². The molecule has 0 spiro atoms. The number of furan rings is 1. The summed E-state index contributed by atoms with van der Waals surface area (Å²) in [7, 11) is 0. The molecule has 0 saturated carbocycles. The Morgan fingerprint density at radius 2 is 2.00 bits per heavy atom. The zero-order chi connectivity index (χ0) is 15.8. The van der Waals surface area contributed by atoms with Crippen molar-refractivity contribution in [2.45, 2.75) is 18.9 Å². The number of aryl methyl sites for hydroxylation is 1. The quantitative estimate of drug-likeness (QED) is 0.855. The van der Waals surface area contributed by atoms with E-state index in [2.05, 4.69) is 4.90 Å². The van der Waals surface area contributed by atoms with Gasteiger partial charge in [-0.3, -0.25) is 9.69 Å². The third-order valence-electron chi connectivity index (χ3n) is 4.93. The van der Waals surface area contributed by atoms with Gasteiger partial charge in [0.1, 0.15) is 5.82 Å². The second kappa shape index (κ2) is 5.81. The number of carbonyl (C=O) groups excluding carboxylic acids is 1. The molecule has 4 rings (SSSR count). The van der Waals surface area contributed by atoms with E-state index in [1.54, 1.807) is 24.3 Å². The Hall–Kier alpha value is -2.14. The molecule has 5 heteroatoms. The summed E-state index contributed by atoms with van der Waals surface area (Å²) in [4.78, 5) is 16.5. The van der Waals surface area contributed by atoms with Crippen molar-refractivity contribution in [3.8, 4) is 0 Å². The minimum absolute atomic E-state index is 0.0486. The van der Waals surface area contributed by atoms with Crippen molar-refractivity contribution < 1.29 is 13.6 Å². The maximum Gasteiger partial charge on any atom is 0.289 e. The van der Waals surface area contributed by atoms with Crippen LogP contribution in [0.1, 0.15) is 34.1 Å². The SMILES string of the molecule is O=C(c1ccco1)N1CCN([C@@H]2CCc3ccc(F)cc32)CC1. The van der Waals surface area contributed by atoms with Gasteiger partial charge < -0.3 is 9.32 Å². The van der Waals surface area contributed by atoms with Gasteiger partial charge in [0, 0.05) is 32.2 Å². The lowest BCUT2D eigenvalue weighted by atomic mass is 10.1. The van der Waals surface area contributed by atoms with E-state index >= 15 is 0 Å². The molecule has 0 unspecified atom stereocenters. The van der Waals surface area contributed by atoms with Crippen molar-refractivity contribution in [1.29, 1.82) is 0 Å². The van der Waals surface area contributed by atoms with Crippen molar-refractivity contribution in [3.05, 3.63) is 59.3 Å². The van der Waals surface area contributed by atoms with Crippen LogP contribution in [0.5, 0.6) is 0 Å². The van der Waals surface area contributed by atoms with E-state index in [4.69, 9.17) is 4.42 Å². The molecule has 1 saturated heterocycles. The molecule has 1 atom stereocenters. The van der Waals surface area contributed by atoms with Crippen LogP contribution in [0.2, 0.25) is 0 Å². The zero-order valence-electron chi connectivity index (χ0n) is 12.9. The molecule has 1 aromatic carbocycles. The molecule has 1 aliphatic carbocycles. The highest BCUT2D eigenvalue weighted by Gasteiger charge is 2.32. The number of piperazine rings is 1. The van der Waals surface area contributed by atoms with Gasteiger partial charge in [-0.15, -0.1) is 0 Å². The van der Waals surface area contributed by atoms with Crippen molar-refractivity contribution in [2.75, 3.05) is 26.2 Å². The van der Waals surface area contributed by atoms with Crippen LogP contribution in [0.4, 0.5) is 4.39 Å². The highest BCUT2D eigenvalue weighted by molar-refractivity contribution is 5.91. The molecule has 1 fully saturated rings. The van der Waals surface area contributed by atoms with Gasteiger partial charge in [-0.2, -0.15) is 0 Å². The number of rotatable bonds is 2. The predicted molar refractivity (Wildman–Crippen MR) is 83.6 cm³/mol. The highest BCUT2D eigenvalue weighted by Crippen LogP contribution is 2.36. The maximum absolute atomic E-state index is 13.5. The first kappa shape index (κ1) is 14.5. The smallest absolute Gasteiger partial charge is 0.289 e. The van der Waals surface area contributed by atoms with Gasteiger partial charge in [0.05, 0.1) is 6.26 Å². The standard InChI is InChI=1S/C18H19FN2O2/c19-14-5-3-13-4-6-16(15(13)12-14)20-7-9-21(10-8-20)18(22)17-2-1-11-23-17/h1-3,5,11-12,16H,4,6-10H2/t16-/m1/s1. The normalized spacial score (nSPS) is 21.4. The Balaban J connectivity index is 1.43. The molecule has 23 heavy (non-hydrogen) atoms. The van der Waals surface area contributed by atoms with Crippen molar-refractivity contribution in [1.82, 2.24) is 9.80 Å². The number of hydrogen-bond acceptors (Lipinski definition) is 3. The van der Waals surface area contributed by atoms with Crippen LogP contribution in [0, 0.1) is 5.82 Å². The molecular formula is C18H19FN2O2. The third kappa shape index (κ3) is 2.65. The molecular weight excluding hydrogens is 295 g/mol. The Kier molecular flexibility index (Phi) is 3.65. The maximum atomic E-state index is 13.5. The number of halogens is 1. The average Bonchev–Trinajstić information content (AvgIpc) is 3.24. The molecule has 1 amide bonds. The van der Waals surface area contributed by atoms with Crippen LogP contribution in [-0.4, -0.2) is 41.9 Å². The monoisotopic (exact) mass is 314 g/mol. The lowest BCUT2D eigenvalue weighted by Crippen LogP contribution is -2.49. The van der Waals surface area contributed by atoms with Crippen molar-refractivity contribution >= 4 is 5.91 Å². The topological polar surface area (TPSA) is 36.7 Å². The van der Waals surface area contributed by atoms with Crippen molar-refractivity contribution in [2.24, 2.45) is 0 Å². The van der Waals surface area contributed by atoms with Gasteiger partial charge in [0.15, 0.2) is 5.76 Å². The molecule has 120 valence electrons. The number of hydrogen-bond donors (Lipinski definition) is 0. The largest absolute Gasteiger partial charge is 0.459 e. The Morgan fingerprint density at radius 3 is 2.74 bits per heavy atom. The Labute approximate surface area is 134 Å². The summed E-state index contributed by atoms with van der Waals surface area (Å²) in [5.74, 6) is 0.182. The van der Waals surface area contributed by atoms with Crippen LogP contribution < -0.4 is 0 Å². The van der Waals surface area contributed by atoms with E-state index < -0.39 is 0 Å². The number of benzene rings is 1. The molecule has 4 nitrogen and oxygen atoms in total. The molecule has 0 N–H and O–H groups in total. The Morgan fingerprint density at radius 1 is 1.17 bits per heavy atom. The van der Waals surface area contributed by atoms with E-state index in [9.17, 15) is 9.18 Å². The van der Waals surface area contributed by atoms with Gasteiger partial charge in [-0.05, 0) is 48.2 Å².